The fourth-order valence-electron chi connectivity index (χ4n) is 5.51. The number of hydrogen-bond acceptors (Lipinski definition) is 1. The quantitative estimate of drug-likeness (QED) is 0.257. The molecule has 0 aliphatic rings. The second kappa shape index (κ2) is 6.70. The van der Waals surface area contributed by atoms with Crippen LogP contribution in [0.2, 0.25) is 0 Å². The van der Waals surface area contributed by atoms with Crippen LogP contribution in [-0.4, -0.2) is 0 Å². The molecule has 0 N–H and O–H groups in total. The van der Waals surface area contributed by atoms with Crippen LogP contribution in [0.1, 0.15) is 11.1 Å². The van der Waals surface area contributed by atoms with E-state index < -0.39 is 0 Å². The zero-order valence-electron chi connectivity index (χ0n) is 18.6. The van der Waals surface area contributed by atoms with E-state index in [1.54, 1.807) is 0 Å². The van der Waals surface area contributed by atoms with Crippen molar-refractivity contribution in [1.29, 1.82) is 0 Å². The molecule has 1 aromatic heterocycles. The molecule has 0 radical (unpaired) electrons. The summed E-state index contributed by atoms with van der Waals surface area (Å²) in [6, 6.07) is 34.9. The third kappa shape index (κ3) is 2.60. The summed E-state index contributed by atoms with van der Waals surface area (Å²) < 4.78 is 6.62. The molecule has 0 saturated carbocycles. The lowest BCUT2D eigenvalue weighted by atomic mass is 9.87. The second-order valence-electron chi connectivity index (χ2n) is 9.06. The average Bonchev–Trinajstić information content (AvgIpc) is 3.21. The maximum Gasteiger partial charge on any atom is 0.143 e. The van der Waals surface area contributed by atoms with Gasteiger partial charge in [-0.3, -0.25) is 0 Å². The molecule has 0 aliphatic carbocycles. The molecule has 33 heavy (non-hydrogen) atoms. The predicted molar refractivity (Wildman–Crippen MR) is 141 cm³/mol. The van der Waals surface area contributed by atoms with Crippen molar-refractivity contribution in [2.24, 2.45) is 0 Å². The van der Waals surface area contributed by atoms with E-state index in [0.717, 1.165) is 11.2 Å². The van der Waals surface area contributed by atoms with Crippen LogP contribution in [0.3, 0.4) is 0 Å². The van der Waals surface area contributed by atoms with Gasteiger partial charge in [-0.1, -0.05) is 78.9 Å². The minimum atomic E-state index is 0.944. The Balaban J connectivity index is 1.73. The lowest BCUT2D eigenvalue weighted by Crippen LogP contribution is -1.91. The fourth-order valence-corrected chi connectivity index (χ4v) is 5.51. The van der Waals surface area contributed by atoms with Gasteiger partial charge in [0.1, 0.15) is 11.2 Å². The van der Waals surface area contributed by atoms with Gasteiger partial charge in [0.05, 0.1) is 0 Å². The van der Waals surface area contributed by atoms with Gasteiger partial charge in [0, 0.05) is 16.2 Å². The third-order valence-corrected chi connectivity index (χ3v) is 7.12. The molecule has 0 fully saturated rings. The summed E-state index contributed by atoms with van der Waals surface area (Å²) in [4.78, 5) is 0. The Morgan fingerprint density at radius 3 is 1.85 bits per heavy atom. The maximum atomic E-state index is 6.62. The third-order valence-electron chi connectivity index (χ3n) is 7.12. The van der Waals surface area contributed by atoms with Crippen LogP contribution in [0.4, 0.5) is 0 Å². The van der Waals surface area contributed by atoms with Gasteiger partial charge in [0.25, 0.3) is 0 Å². The van der Waals surface area contributed by atoms with Gasteiger partial charge in [-0.2, -0.15) is 0 Å². The van der Waals surface area contributed by atoms with Crippen molar-refractivity contribution < 1.29 is 4.42 Å². The number of rotatable bonds is 1. The summed E-state index contributed by atoms with van der Waals surface area (Å²) in [5.74, 6) is 0. The highest BCUT2D eigenvalue weighted by Gasteiger charge is 2.21. The molecule has 1 heterocycles. The Labute approximate surface area is 191 Å². The molecule has 0 unspecified atom stereocenters. The number of furan rings is 1. The lowest BCUT2D eigenvalue weighted by Gasteiger charge is -2.15. The van der Waals surface area contributed by atoms with Gasteiger partial charge < -0.3 is 4.42 Å². The Hall–Kier alpha value is -4.10. The smallest absolute Gasteiger partial charge is 0.143 e. The Bertz CT molecular complexity index is 1880. The zero-order chi connectivity index (χ0) is 22.1. The van der Waals surface area contributed by atoms with Gasteiger partial charge in [-0.05, 0) is 81.2 Å². The van der Waals surface area contributed by atoms with Crippen LogP contribution in [-0.2, 0) is 0 Å². The first kappa shape index (κ1) is 18.5. The number of benzene rings is 6. The van der Waals surface area contributed by atoms with Crippen molar-refractivity contribution in [2.75, 3.05) is 0 Å². The maximum absolute atomic E-state index is 6.62. The van der Waals surface area contributed by atoms with E-state index in [1.165, 1.54) is 65.3 Å². The van der Waals surface area contributed by atoms with E-state index in [0.29, 0.717) is 0 Å². The summed E-state index contributed by atoms with van der Waals surface area (Å²) in [6.07, 6.45) is 0. The van der Waals surface area contributed by atoms with E-state index in [4.69, 9.17) is 4.42 Å². The van der Waals surface area contributed by atoms with Gasteiger partial charge in [-0.15, -0.1) is 0 Å². The first-order chi connectivity index (χ1) is 16.2. The molecular formula is C32H22O. The highest BCUT2D eigenvalue weighted by atomic mass is 16.3. The second-order valence-corrected chi connectivity index (χ2v) is 9.06. The molecule has 1 heteroatoms. The summed E-state index contributed by atoms with van der Waals surface area (Å²) in [5, 5.41) is 9.79. The minimum absolute atomic E-state index is 0.944. The van der Waals surface area contributed by atoms with Crippen LogP contribution < -0.4 is 0 Å². The van der Waals surface area contributed by atoms with E-state index in [-0.39, 0.29) is 0 Å². The van der Waals surface area contributed by atoms with Crippen LogP contribution in [0.25, 0.3) is 65.4 Å². The van der Waals surface area contributed by atoms with Crippen molar-refractivity contribution in [3.63, 3.8) is 0 Å². The van der Waals surface area contributed by atoms with E-state index in [1.807, 2.05) is 0 Å². The van der Waals surface area contributed by atoms with Crippen molar-refractivity contribution in [3.05, 3.63) is 108 Å². The molecule has 0 aliphatic heterocycles. The molecular weight excluding hydrogens is 400 g/mol. The Morgan fingerprint density at radius 1 is 0.545 bits per heavy atom. The highest BCUT2D eigenvalue weighted by Crippen LogP contribution is 2.45. The SMILES string of the molecule is Cc1cc2ccccc2cc1-c1c(C)c2ccccc2c2oc3cc4ccccc4cc3c12. The van der Waals surface area contributed by atoms with Gasteiger partial charge in [0.15, 0.2) is 0 Å². The van der Waals surface area contributed by atoms with Crippen LogP contribution in [0, 0.1) is 13.8 Å². The number of hydrogen-bond donors (Lipinski definition) is 0. The molecule has 0 spiro atoms. The van der Waals surface area contributed by atoms with Gasteiger partial charge in [-0.25, -0.2) is 0 Å². The molecule has 6 aromatic carbocycles. The first-order valence-electron chi connectivity index (χ1n) is 11.4. The van der Waals surface area contributed by atoms with E-state index in [2.05, 4.69) is 111 Å². The zero-order valence-corrected chi connectivity index (χ0v) is 18.6. The van der Waals surface area contributed by atoms with Crippen LogP contribution >= 0.6 is 0 Å². The van der Waals surface area contributed by atoms with Crippen LogP contribution in [0.15, 0.2) is 101 Å². The molecule has 1 nitrogen and oxygen atoms in total. The minimum Gasteiger partial charge on any atom is -0.455 e. The summed E-state index contributed by atoms with van der Waals surface area (Å²) in [6.45, 7) is 4.48. The van der Waals surface area contributed by atoms with Crippen molar-refractivity contribution >= 4 is 54.3 Å². The molecule has 7 aromatic rings. The standard InChI is InChI=1S/C32H22O/c1-19-15-21-9-3-4-10-22(21)16-27(19)30-20(2)25-13-7-8-14-26(25)32-31(30)28-17-23-11-5-6-12-24(23)18-29(28)33-32/h3-18H,1-2H3. The molecule has 7 rings (SSSR count). The van der Waals surface area contributed by atoms with E-state index in [9.17, 15) is 0 Å². The van der Waals surface area contributed by atoms with Gasteiger partial charge >= 0.3 is 0 Å². The van der Waals surface area contributed by atoms with E-state index >= 15 is 0 Å². The van der Waals surface area contributed by atoms with Crippen molar-refractivity contribution in [2.45, 2.75) is 13.8 Å². The highest BCUT2D eigenvalue weighted by molar-refractivity contribution is 6.24. The largest absolute Gasteiger partial charge is 0.455 e. The summed E-state index contributed by atoms with van der Waals surface area (Å²) in [7, 11) is 0. The topological polar surface area (TPSA) is 13.1 Å². The first-order valence-corrected chi connectivity index (χ1v) is 11.4. The summed E-state index contributed by atoms with van der Waals surface area (Å²) >= 11 is 0. The monoisotopic (exact) mass is 422 g/mol. The van der Waals surface area contributed by atoms with Crippen molar-refractivity contribution in [3.8, 4) is 11.1 Å². The lowest BCUT2D eigenvalue weighted by molar-refractivity contribution is 0.673. The van der Waals surface area contributed by atoms with Crippen LogP contribution in [0.5, 0.6) is 0 Å². The fraction of sp³-hybridized carbons (Fsp3) is 0.0625. The molecule has 0 saturated heterocycles. The normalized spacial score (nSPS) is 11.9. The molecule has 156 valence electrons. The molecule has 0 bridgehead atoms. The predicted octanol–water partition coefficient (Wildman–Crippen LogP) is 9.33. The Morgan fingerprint density at radius 2 is 1.12 bits per heavy atom. The summed E-state index contributed by atoms with van der Waals surface area (Å²) in [5.41, 5.74) is 7.05. The van der Waals surface area contributed by atoms with Gasteiger partial charge in [0.2, 0.25) is 0 Å². The number of fused-ring (bicyclic) bond motifs is 7. The van der Waals surface area contributed by atoms with Crippen molar-refractivity contribution in [1.82, 2.24) is 0 Å². The average molecular weight is 423 g/mol. The molecule has 0 amide bonds. The number of aryl methyl sites for hydroxylation is 2. The molecule has 0 atom stereocenters. The Kier molecular flexibility index (Phi) is 3.75.